The molecule has 4 heteroatoms. The van der Waals surface area contributed by atoms with Crippen LogP contribution in [-0.2, 0) is 6.54 Å². The van der Waals surface area contributed by atoms with Crippen LogP contribution in [0, 0.1) is 5.41 Å². The third-order valence-electron chi connectivity index (χ3n) is 3.05. The zero-order valence-electron chi connectivity index (χ0n) is 9.91. The minimum absolute atomic E-state index is 0.429. The Balaban J connectivity index is 1.97. The molecule has 2 rings (SSSR count). The summed E-state index contributed by atoms with van der Waals surface area (Å²) in [6.07, 6.45) is 2.59. The number of nitrogens with zero attached hydrogens (tertiary/aromatic N) is 3. The predicted octanol–water partition coefficient (Wildman–Crippen LogP) is 2.75. The molecule has 1 aromatic heterocycles. The molecule has 0 saturated carbocycles. The Labute approximate surface area is 102 Å². The van der Waals surface area contributed by atoms with Crippen molar-refractivity contribution >= 4 is 11.6 Å². The molecule has 88 valence electrons. The summed E-state index contributed by atoms with van der Waals surface area (Å²) in [7, 11) is 0. The van der Waals surface area contributed by atoms with E-state index >= 15 is 0 Å². The molecule has 0 bridgehead atoms. The first-order valence-corrected chi connectivity index (χ1v) is 6.13. The molecule has 0 amide bonds. The van der Waals surface area contributed by atoms with E-state index in [-0.39, 0.29) is 0 Å². The van der Waals surface area contributed by atoms with Crippen molar-refractivity contribution in [1.82, 2.24) is 15.1 Å². The van der Waals surface area contributed by atoms with Gasteiger partial charge in [0.1, 0.15) is 0 Å². The van der Waals surface area contributed by atoms with Crippen LogP contribution in [0.15, 0.2) is 12.1 Å². The molecular weight excluding hydrogens is 222 g/mol. The standard InChI is InChI=1S/C12H18ClN3/c1-12(2)6-3-7-16(9-12)8-10-4-5-11(13)15-14-10/h4-5H,3,6-9H2,1-2H3. The fraction of sp³-hybridized carbons (Fsp3) is 0.667. The quantitative estimate of drug-likeness (QED) is 0.795. The Kier molecular flexibility index (Phi) is 3.45. The van der Waals surface area contributed by atoms with Crippen LogP contribution in [-0.4, -0.2) is 28.2 Å². The van der Waals surface area contributed by atoms with Crippen molar-refractivity contribution in [3.63, 3.8) is 0 Å². The fourth-order valence-electron chi connectivity index (χ4n) is 2.34. The van der Waals surface area contributed by atoms with Crippen molar-refractivity contribution in [2.75, 3.05) is 13.1 Å². The second-order valence-electron chi connectivity index (χ2n) is 5.33. The van der Waals surface area contributed by atoms with Crippen LogP contribution in [0.25, 0.3) is 0 Å². The molecule has 1 aliphatic heterocycles. The molecule has 0 radical (unpaired) electrons. The van der Waals surface area contributed by atoms with E-state index in [0.717, 1.165) is 25.3 Å². The number of rotatable bonds is 2. The van der Waals surface area contributed by atoms with Crippen molar-refractivity contribution in [1.29, 1.82) is 0 Å². The van der Waals surface area contributed by atoms with Crippen LogP contribution in [0.4, 0.5) is 0 Å². The lowest BCUT2D eigenvalue weighted by molar-refractivity contribution is 0.110. The van der Waals surface area contributed by atoms with Crippen molar-refractivity contribution < 1.29 is 0 Å². The summed E-state index contributed by atoms with van der Waals surface area (Å²) in [5.74, 6) is 0. The monoisotopic (exact) mass is 239 g/mol. The van der Waals surface area contributed by atoms with Gasteiger partial charge in [-0.05, 0) is 36.9 Å². The van der Waals surface area contributed by atoms with Gasteiger partial charge in [-0.1, -0.05) is 25.4 Å². The number of aromatic nitrogens is 2. The van der Waals surface area contributed by atoms with Gasteiger partial charge in [-0.15, -0.1) is 5.10 Å². The molecule has 1 aromatic rings. The van der Waals surface area contributed by atoms with Crippen molar-refractivity contribution in [2.24, 2.45) is 5.41 Å². The van der Waals surface area contributed by atoms with Gasteiger partial charge in [0.25, 0.3) is 0 Å². The van der Waals surface area contributed by atoms with Crippen LogP contribution in [0.2, 0.25) is 5.15 Å². The topological polar surface area (TPSA) is 29.0 Å². The maximum atomic E-state index is 5.71. The van der Waals surface area contributed by atoms with Gasteiger partial charge in [0.15, 0.2) is 5.15 Å². The summed E-state index contributed by atoms with van der Waals surface area (Å²) >= 11 is 5.71. The van der Waals surface area contributed by atoms with Gasteiger partial charge in [0.05, 0.1) is 5.69 Å². The van der Waals surface area contributed by atoms with E-state index in [1.165, 1.54) is 12.8 Å². The Hall–Kier alpha value is -0.670. The predicted molar refractivity (Wildman–Crippen MR) is 65.3 cm³/mol. The van der Waals surface area contributed by atoms with Gasteiger partial charge in [0.2, 0.25) is 0 Å². The number of hydrogen-bond acceptors (Lipinski definition) is 3. The number of hydrogen-bond donors (Lipinski definition) is 0. The first kappa shape index (κ1) is 11.8. The van der Waals surface area contributed by atoms with Crippen LogP contribution < -0.4 is 0 Å². The molecule has 2 heterocycles. The molecular formula is C12H18ClN3. The Morgan fingerprint density at radius 3 is 2.81 bits per heavy atom. The van der Waals surface area contributed by atoms with Crippen LogP contribution >= 0.6 is 11.6 Å². The molecule has 0 aliphatic carbocycles. The van der Waals surface area contributed by atoms with Crippen molar-refractivity contribution in [2.45, 2.75) is 33.2 Å². The fourth-order valence-corrected chi connectivity index (χ4v) is 2.44. The van der Waals surface area contributed by atoms with Gasteiger partial charge in [0, 0.05) is 13.1 Å². The zero-order chi connectivity index (χ0) is 11.6. The van der Waals surface area contributed by atoms with E-state index in [9.17, 15) is 0 Å². The largest absolute Gasteiger partial charge is 0.297 e. The van der Waals surface area contributed by atoms with Gasteiger partial charge in [-0.2, -0.15) is 5.10 Å². The van der Waals surface area contributed by atoms with Gasteiger partial charge in [-0.3, -0.25) is 4.90 Å². The Morgan fingerprint density at radius 2 is 2.19 bits per heavy atom. The molecule has 3 nitrogen and oxygen atoms in total. The van der Waals surface area contributed by atoms with Gasteiger partial charge in [-0.25, -0.2) is 0 Å². The summed E-state index contributed by atoms with van der Waals surface area (Å²) in [6, 6.07) is 3.76. The third-order valence-corrected chi connectivity index (χ3v) is 3.25. The van der Waals surface area contributed by atoms with Gasteiger partial charge >= 0.3 is 0 Å². The summed E-state index contributed by atoms with van der Waals surface area (Å²) in [4.78, 5) is 2.45. The van der Waals surface area contributed by atoms with Crippen molar-refractivity contribution in [3.05, 3.63) is 23.0 Å². The minimum Gasteiger partial charge on any atom is -0.297 e. The first-order valence-electron chi connectivity index (χ1n) is 5.76. The second kappa shape index (κ2) is 4.68. The molecule has 1 fully saturated rings. The van der Waals surface area contributed by atoms with E-state index in [1.54, 1.807) is 6.07 Å². The average Bonchev–Trinajstić information content (AvgIpc) is 2.20. The Morgan fingerprint density at radius 1 is 1.38 bits per heavy atom. The number of halogens is 1. The number of piperidine rings is 1. The highest BCUT2D eigenvalue weighted by atomic mass is 35.5. The van der Waals surface area contributed by atoms with Crippen molar-refractivity contribution in [3.8, 4) is 0 Å². The summed E-state index contributed by atoms with van der Waals surface area (Å²) in [6.45, 7) is 7.83. The van der Waals surface area contributed by atoms with Gasteiger partial charge < -0.3 is 0 Å². The molecule has 0 N–H and O–H groups in total. The molecule has 0 spiro atoms. The maximum Gasteiger partial charge on any atom is 0.151 e. The normalized spacial score (nSPS) is 20.9. The smallest absolute Gasteiger partial charge is 0.151 e. The SMILES string of the molecule is CC1(C)CCCN(Cc2ccc(Cl)nn2)C1. The second-order valence-corrected chi connectivity index (χ2v) is 5.71. The first-order chi connectivity index (χ1) is 7.55. The van der Waals surface area contributed by atoms with E-state index in [4.69, 9.17) is 11.6 Å². The maximum absolute atomic E-state index is 5.71. The van der Waals surface area contributed by atoms with Crippen LogP contribution in [0.3, 0.4) is 0 Å². The molecule has 0 unspecified atom stereocenters. The van der Waals surface area contributed by atoms with Crippen LogP contribution in [0.1, 0.15) is 32.4 Å². The Bertz CT molecular complexity index is 348. The van der Waals surface area contributed by atoms with E-state index in [0.29, 0.717) is 10.6 Å². The van der Waals surface area contributed by atoms with E-state index < -0.39 is 0 Å². The highest BCUT2D eigenvalue weighted by Gasteiger charge is 2.26. The minimum atomic E-state index is 0.429. The highest BCUT2D eigenvalue weighted by molar-refractivity contribution is 6.29. The molecule has 0 aromatic carbocycles. The summed E-state index contributed by atoms with van der Waals surface area (Å²) < 4.78 is 0. The lowest BCUT2D eigenvalue weighted by atomic mass is 9.84. The van der Waals surface area contributed by atoms with Crippen LogP contribution in [0.5, 0.6) is 0 Å². The zero-order valence-corrected chi connectivity index (χ0v) is 10.7. The average molecular weight is 240 g/mol. The van der Waals surface area contributed by atoms with E-state index in [1.807, 2.05) is 6.07 Å². The molecule has 16 heavy (non-hydrogen) atoms. The lowest BCUT2D eigenvalue weighted by Gasteiger charge is -2.37. The molecule has 0 atom stereocenters. The summed E-state index contributed by atoms with van der Waals surface area (Å²) in [5.41, 5.74) is 1.43. The van der Waals surface area contributed by atoms with E-state index in [2.05, 4.69) is 28.9 Å². The summed E-state index contributed by atoms with van der Waals surface area (Å²) in [5, 5.41) is 8.43. The third kappa shape index (κ3) is 3.16. The lowest BCUT2D eigenvalue weighted by Crippen LogP contribution is -2.39. The highest BCUT2D eigenvalue weighted by Crippen LogP contribution is 2.28. The number of likely N-dealkylation sites (tertiary alicyclic amines) is 1. The molecule has 1 saturated heterocycles. The molecule has 1 aliphatic rings.